The van der Waals surface area contributed by atoms with Gasteiger partial charge in [-0.1, -0.05) is 29.8 Å². The van der Waals surface area contributed by atoms with Crippen LogP contribution in [0.5, 0.6) is 5.75 Å². The van der Waals surface area contributed by atoms with Crippen LogP contribution in [-0.2, 0) is 0 Å². The number of benzene rings is 1. The largest absolute Gasteiger partial charge is 0.485 e. The molecule has 1 aromatic carbocycles. The van der Waals surface area contributed by atoms with Gasteiger partial charge in [0, 0.05) is 17.4 Å². The molecule has 0 fully saturated rings. The molecular weight excluding hydrogens is 260 g/mol. The Kier molecular flexibility index (Phi) is 2.86. The van der Waals surface area contributed by atoms with Gasteiger partial charge in [0.15, 0.2) is 0 Å². The smallest absolute Gasteiger partial charge is 0.131 e. The second-order valence-corrected chi connectivity index (χ2v) is 5.58. The first kappa shape index (κ1) is 12.3. The molecule has 0 bridgehead atoms. The first-order valence-electron chi connectivity index (χ1n) is 6.22. The van der Waals surface area contributed by atoms with Crippen LogP contribution in [0.4, 0.5) is 5.69 Å². The minimum atomic E-state index is -0.306. The molecule has 0 aliphatic carbocycles. The summed E-state index contributed by atoms with van der Waals surface area (Å²) < 4.78 is 6.00. The summed E-state index contributed by atoms with van der Waals surface area (Å²) >= 11 is 5.92. The summed E-state index contributed by atoms with van der Waals surface area (Å²) in [5.41, 5.74) is 1.80. The molecule has 3 rings (SSSR count). The number of rotatable bonds is 2. The highest BCUT2D eigenvalue weighted by Gasteiger charge is 2.40. The number of nitrogens with one attached hydrogen (secondary N) is 1. The summed E-state index contributed by atoms with van der Waals surface area (Å²) in [5, 5.41) is 3.96. The highest BCUT2D eigenvalue weighted by atomic mass is 35.5. The van der Waals surface area contributed by atoms with Gasteiger partial charge in [-0.3, -0.25) is 0 Å². The van der Waals surface area contributed by atoms with Crippen LogP contribution in [0.1, 0.15) is 25.5 Å². The van der Waals surface area contributed by atoms with E-state index in [1.807, 2.05) is 30.3 Å². The molecule has 1 aliphatic rings. The maximum Gasteiger partial charge on any atom is 0.131 e. The lowest BCUT2D eigenvalue weighted by molar-refractivity contribution is 0.118. The second kappa shape index (κ2) is 4.42. The first-order chi connectivity index (χ1) is 9.06. The average molecular weight is 275 g/mol. The van der Waals surface area contributed by atoms with Gasteiger partial charge >= 0.3 is 0 Å². The SMILES string of the molecule is CC1(C)Oc2ccccc2C1Nc1ccnc(Cl)c1. The maximum absolute atomic E-state index is 6.00. The van der Waals surface area contributed by atoms with E-state index in [4.69, 9.17) is 16.3 Å². The lowest BCUT2D eigenvalue weighted by Gasteiger charge is -2.28. The van der Waals surface area contributed by atoms with Gasteiger partial charge in [-0.25, -0.2) is 4.98 Å². The standard InChI is InChI=1S/C15H15ClN2O/c1-15(2)14(11-5-3-4-6-12(11)19-15)18-10-7-8-17-13(16)9-10/h3-9,14H,1-2H3,(H,17,18). The number of anilines is 1. The Hall–Kier alpha value is -1.74. The van der Waals surface area contributed by atoms with E-state index in [0.717, 1.165) is 11.4 Å². The molecule has 0 saturated carbocycles. The molecule has 0 radical (unpaired) electrons. The Morgan fingerprint density at radius 2 is 2.05 bits per heavy atom. The Morgan fingerprint density at radius 3 is 2.84 bits per heavy atom. The molecule has 1 N–H and O–H groups in total. The maximum atomic E-state index is 6.00. The van der Waals surface area contributed by atoms with Gasteiger partial charge in [-0.05, 0) is 32.0 Å². The molecule has 2 aromatic rings. The van der Waals surface area contributed by atoms with E-state index < -0.39 is 0 Å². The number of halogens is 1. The Balaban J connectivity index is 1.95. The van der Waals surface area contributed by atoms with E-state index in [1.54, 1.807) is 6.20 Å². The zero-order valence-electron chi connectivity index (χ0n) is 10.9. The fourth-order valence-corrected chi connectivity index (χ4v) is 2.61. The van der Waals surface area contributed by atoms with Gasteiger partial charge in [0.05, 0.1) is 6.04 Å². The van der Waals surface area contributed by atoms with Gasteiger partial charge in [0.25, 0.3) is 0 Å². The molecule has 0 spiro atoms. The fourth-order valence-electron chi connectivity index (χ4n) is 2.44. The van der Waals surface area contributed by atoms with Crippen LogP contribution in [0.3, 0.4) is 0 Å². The topological polar surface area (TPSA) is 34.1 Å². The molecular formula is C15H15ClN2O. The van der Waals surface area contributed by atoms with Crippen LogP contribution in [0.25, 0.3) is 0 Å². The first-order valence-corrected chi connectivity index (χ1v) is 6.60. The summed E-state index contributed by atoms with van der Waals surface area (Å²) in [6, 6.07) is 11.9. The molecule has 4 heteroatoms. The van der Waals surface area contributed by atoms with Gasteiger partial charge < -0.3 is 10.1 Å². The van der Waals surface area contributed by atoms with Crippen molar-refractivity contribution in [2.75, 3.05) is 5.32 Å². The van der Waals surface area contributed by atoms with Crippen molar-refractivity contribution in [1.82, 2.24) is 4.98 Å². The molecule has 1 aromatic heterocycles. The molecule has 19 heavy (non-hydrogen) atoms. The molecule has 98 valence electrons. The number of aromatic nitrogens is 1. The zero-order chi connectivity index (χ0) is 13.5. The lowest BCUT2D eigenvalue weighted by Crippen LogP contribution is -2.34. The third-order valence-corrected chi connectivity index (χ3v) is 3.54. The molecule has 3 nitrogen and oxygen atoms in total. The molecule has 0 saturated heterocycles. The molecule has 1 unspecified atom stereocenters. The highest BCUT2D eigenvalue weighted by Crippen LogP contribution is 2.44. The van der Waals surface area contributed by atoms with Gasteiger partial charge in [-0.15, -0.1) is 0 Å². The molecule has 2 heterocycles. The monoisotopic (exact) mass is 274 g/mol. The van der Waals surface area contributed by atoms with Crippen molar-refractivity contribution in [1.29, 1.82) is 0 Å². The van der Waals surface area contributed by atoms with Crippen LogP contribution in [0.2, 0.25) is 5.15 Å². The third kappa shape index (κ3) is 2.26. The number of fused-ring (bicyclic) bond motifs is 1. The van der Waals surface area contributed by atoms with Crippen molar-refractivity contribution in [2.45, 2.75) is 25.5 Å². The van der Waals surface area contributed by atoms with Gasteiger partial charge in [-0.2, -0.15) is 0 Å². The van der Waals surface area contributed by atoms with E-state index >= 15 is 0 Å². The minimum Gasteiger partial charge on any atom is -0.485 e. The van der Waals surface area contributed by atoms with Crippen LogP contribution in [0, 0.1) is 0 Å². The van der Waals surface area contributed by atoms with Crippen molar-refractivity contribution < 1.29 is 4.74 Å². The number of hydrogen-bond acceptors (Lipinski definition) is 3. The average Bonchev–Trinajstić information content (AvgIpc) is 2.61. The highest BCUT2D eigenvalue weighted by molar-refractivity contribution is 6.29. The number of nitrogens with zero attached hydrogens (tertiary/aromatic N) is 1. The molecule has 0 amide bonds. The molecule has 1 aliphatic heterocycles. The van der Waals surface area contributed by atoms with Crippen LogP contribution < -0.4 is 10.1 Å². The van der Waals surface area contributed by atoms with Crippen molar-refractivity contribution in [2.24, 2.45) is 0 Å². The minimum absolute atomic E-state index is 0.0853. The normalized spacial score (nSPS) is 19.6. The lowest BCUT2D eigenvalue weighted by atomic mass is 9.94. The number of pyridine rings is 1. The van der Waals surface area contributed by atoms with Crippen LogP contribution in [0.15, 0.2) is 42.6 Å². The predicted octanol–water partition coefficient (Wildman–Crippen LogP) is 4.06. The number of hydrogen-bond donors (Lipinski definition) is 1. The van der Waals surface area contributed by atoms with Gasteiger partial charge in [0.2, 0.25) is 0 Å². The predicted molar refractivity (Wildman–Crippen MR) is 76.8 cm³/mol. The summed E-state index contributed by atoms with van der Waals surface area (Å²) in [7, 11) is 0. The second-order valence-electron chi connectivity index (χ2n) is 5.19. The van der Waals surface area contributed by atoms with E-state index in [9.17, 15) is 0 Å². The summed E-state index contributed by atoms with van der Waals surface area (Å²) in [5.74, 6) is 0.935. The van der Waals surface area contributed by atoms with E-state index in [0.29, 0.717) is 5.15 Å². The summed E-state index contributed by atoms with van der Waals surface area (Å²) in [6.45, 7) is 4.15. The van der Waals surface area contributed by atoms with Crippen LogP contribution in [-0.4, -0.2) is 10.6 Å². The molecule has 1 atom stereocenters. The van der Waals surface area contributed by atoms with Crippen molar-refractivity contribution >= 4 is 17.3 Å². The van der Waals surface area contributed by atoms with Crippen molar-refractivity contribution in [3.63, 3.8) is 0 Å². The Bertz CT molecular complexity index is 613. The summed E-state index contributed by atoms with van der Waals surface area (Å²) in [4.78, 5) is 3.99. The van der Waals surface area contributed by atoms with Crippen molar-refractivity contribution in [3.8, 4) is 5.75 Å². The van der Waals surface area contributed by atoms with Crippen molar-refractivity contribution in [3.05, 3.63) is 53.3 Å². The number of para-hydroxylation sites is 1. The summed E-state index contributed by atoms with van der Waals surface area (Å²) in [6.07, 6.45) is 1.69. The fraction of sp³-hybridized carbons (Fsp3) is 0.267. The Labute approximate surface area is 117 Å². The van der Waals surface area contributed by atoms with Crippen LogP contribution >= 0.6 is 11.6 Å². The number of ether oxygens (including phenoxy) is 1. The van der Waals surface area contributed by atoms with E-state index in [2.05, 4.69) is 30.2 Å². The zero-order valence-corrected chi connectivity index (χ0v) is 11.6. The third-order valence-electron chi connectivity index (χ3n) is 3.34. The van der Waals surface area contributed by atoms with E-state index in [1.165, 1.54) is 5.56 Å². The Morgan fingerprint density at radius 1 is 1.26 bits per heavy atom. The van der Waals surface area contributed by atoms with Gasteiger partial charge in [0.1, 0.15) is 16.5 Å². The quantitative estimate of drug-likeness (QED) is 0.839. The van der Waals surface area contributed by atoms with E-state index in [-0.39, 0.29) is 11.6 Å².